The molecule has 0 atom stereocenters. The molecular weight excluding hydrogens is 267 g/mol. The highest BCUT2D eigenvalue weighted by Crippen LogP contribution is 2.43. The normalized spacial score (nSPS) is 19.6. The van der Waals surface area contributed by atoms with Crippen molar-refractivity contribution in [2.24, 2.45) is 5.41 Å². The third-order valence-electron chi connectivity index (χ3n) is 3.69. The predicted molar refractivity (Wildman–Crippen MR) is 77.2 cm³/mol. The van der Waals surface area contributed by atoms with Crippen molar-refractivity contribution in [3.05, 3.63) is 40.6 Å². The number of halogens is 2. The van der Waals surface area contributed by atoms with Crippen LogP contribution in [-0.4, -0.2) is 0 Å². The van der Waals surface area contributed by atoms with E-state index in [1.165, 1.54) is 19.3 Å². The highest BCUT2D eigenvalue weighted by atomic mass is 35.5. The maximum Gasteiger partial charge on any atom is 0.127 e. The Balaban J connectivity index is 2.12. The zero-order valence-corrected chi connectivity index (χ0v) is 12.1. The Labute approximate surface area is 119 Å². The average Bonchev–Trinajstić information content (AvgIpc) is 2.38. The first-order chi connectivity index (χ1) is 8.64. The van der Waals surface area contributed by atoms with Gasteiger partial charge in [0.15, 0.2) is 0 Å². The first-order valence-corrected chi connectivity index (χ1v) is 7.20. The Morgan fingerprint density at radius 3 is 2.33 bits per heavy atom. The molecule has 0 amide bonds. The lowest BCUT2D eigenvalue weighted by Gasteiger charge is -2.34. The highest BCUT2D eigenvalue weighted by molar-refractivity contribution is 6.30. The van der Waals surface area contributed by atoms with E-state index in [0.29, 0.717) is 5.02 Å². The lowest BCUT2D eigenvalue weighted by Crippen LogP contribution is -2.25. The third-order valence-corrected chi connectivity index (χ3v) is 4.14. The van der Waals surface area contributed by atoms with Crippen LogP contribution in [-0.2, 0) is 0 Å². The average molecular weight is 285 g/mol. The molecule has 2 rings (SSSR count). The summed E-state index contributed by atoms with van der Waals surface area (Å²) in [4.78, 5) is 0. The number of allylic oxidation sites excluding steroid dienone is 1. The van der Waals surface area contributed by atoms with Gasteiger partial charge in [-0.05, 0) is 37.1 Å². The van der Waals surface area contributed by atoms with Crippen LogP contribution in [0.4, 0.5) is 0 Å². The van der Waals surface area contributed by atoms with Crippen molar-refractivity contribution in [1.29, 1.82) is 0 Å². The Morgan fingerprint density at radius 2 is 1.78 bits per heavy atom. The fraction of sp³-hybridized carbons (Fsp3) is 0.467. The maximum atomic E-state index is 5.96. The van der Waals surface area contributed by atoms with Crippen molar-refractivity contribution in [2.45, 2.75) is 39.0 Å². The molecule has 0 saturated heterocycles. The lowest BCUT2D eigenvalue weighted by atomic mass is 9.74. The number of ether oxygens (including phenoxy) is 1. The highest BCUT2D eigenvalue weighted by Gasteiger charge is 2.32. The van der Waals surface area contributed by atoms with Gasteiger partial charge in [0.2, 0.25) is 0 Å². The summed E-state index contributed by atoms with van der Waals surface area (Å²) in [5.41, 5.74) is 1.65. The van der Waals surface area contributed by atoms with Gasteiger partial charge in [-0.1, -0.05) is 49.4 Å². The number of rotatable bonds is 3. The first-order valence-electron chi connectivity index (χ1n) is 6.38. The summed E-state index contributed by atoms with van der Waals surface area (Å²) in [7, 11) is 0. The predicted octanol–water partition coefficient (Wildman–Crippen LogP) is 5.77. The van der Waals surface area contributed by atoms with Crippen molar-refractivity contribution in [2.75, 3.05) is 0 Å². The molecule has 0 N–H and O–H groups in total. The van der Waals surface area contributed by atoms with E-state index in [2.05, 4.69) is 6.92 Å². The van der Waals surface area contributed by atoms with Crippen molar-refractivity contribution >= 4 is 23.2 Å². The minimum atomic E-state index is 0.0691. The molecule has 1 saturated carbocycles. The summed E-state index contributed by atoms with van der Waals surface area (Å²) in [5.74, 6) is 1.66. The molecule has 0 aromatic heterocycles. The second-order valence-electron chi connectivity index (χ2n) is 5.15. The summed E-state index contributed by atoms with van der Waals surface area (Å²) in [6.45, 7) is 2.23. The minimum absolute atomic E-state index is 0.0691. The smallest absolute Gasteiger partial charge is 0.127 e. The zero-order valence-electron chi connectivity index (χ0n) is 10.6. The van der Waals surface area contributed by atoms with Crippen molar-refractivity contribution in [3.63, 3.8) is 0 Å². The summed E-state index contributed by atoms with van der Waals surface area (Å²) in [6, 6.07) is 7.39. The molecule has 3 heteroatoms. The van der Waals surface area contributed by atoms with Gasteiger partial charge in [-0.3, -0.25) is 0 Å². The fourth-order valence-electron chi connectivity index (χ4n) is 2.49. The second-order valence-corrected chi connectivity index (χ2v) is 5.81. The second kappa shape index (κ2) is 5.99. The molecule has 1 aromatic carbocycles. The Hall–Kier alpha value is -0.660. The molecule has 98 valence electrons. The zero-order chi connectivity index (χ0) is 13.0. The third kappa shape index (κ3) is 3.21. The van der Waals surface area contributed by atoms with E-state index >= 15 is 0 Å². The standard InChI is InChI=1S/C15H18Cl2O/c1-15(9-3-2-4-10-15)14(11-16)18-13-7-5-12(17)6-8-13/h5-8,11H,2-4,9-10H2,1H3. The van der Waals surface area contributed by atoms with Gasteiger partial charge >= 0.3 is 0 Å². The van der Waals surface area contributed by atoms with Crippen LogP contribution >= 0.6 is 23.2 Å². The van der Waals surface area contributed by atoms with Crippen molar-refractivity contribution < 1.29 is 4.74 Å². The quantitative estimate of drug-likeness (QED) is 0.640. The van der Waals surface area contributed by atoms with E-state index in [1.807, 2.05) is 24.3 Å². The van der Waals surface area contributed by atoms with Crippen LogP contribution in [0.2, 0.25) is 5.02 Å². The van der Waals surface area contributed by atoms with E-state index in [4.69, 9.17) is 27.9 Å². The van der Waals surface area contributed by atoms with Gasteiger partial charge in [0.25, 0.3) is 0 Å². The van der Waals surface area contributed by atoms with Gasteiger partial charge in [0.1, 0.15) is 11.5 Å². The van der Waals surface area contributed by atoms with Crippen LogP contribution in [0.1, 0.15) is 39.0 Å². The molecular formula is C15H18Cl2O. The van der Waals surface area contributed by atoms with Crippen molar-refractivity contribution in [1.82, 2.24) is 0 Å². The van der Waals surface area contributed by atoms with Gasteiger partial charge in [0, 0.05) is 16.0 Å². The molecule has 1 aromatic rings. The molecule has 0 heterocycles. The minimum Gasteiger partial charge on any atom is -0.460 e. The summed E-state index contributed by atoms with van der Waals surface area (Å²) < 4.78 is 5.93. The molecule has 0 radical (unpaired) electrons. The molecule has 18 heavy (non-hydrogen) atoms. The Bertz CT molecular complexity index is 417. The summed E-state index contributed by atoms with van der Waals surface area (Å²) in [6.07, 6.45) is 6.08. The van der Waals surface area contributed by atoms with E-state index in [9.17, 15) is 0 Å². The first kappa shape index (κ1) is 13.8. The van der Waals surface area contributed by atoms with Gasteiger partial charge < -0.3 is 4.74 Å². The van der Waals surface area contributed by atoms with Crippen LogP contribution in [0.15, 0.2) is 35.6 Å². The molecule has 1 fully saturated rings. The van der Waals surface area contributed by atoms with Gasteiger partial charge in [-0.2, -0.15) is 0 Å². The van der Waals surface area contributed by atoms with Gasteiger partial charge in [-0.15, -0.1) is 0 Å². The Kier molecular flexibility index (Phi) is 4.58. The molecule has 0 unspecified atom stereocenters. The fourth-order valence-corrected chi connectivity index (χ4v) is 2.92. The molecule has 1 aliphatic carbocycles. The lowest BCUT2D eigenvalue weighted by molar-refractivity contribution is 0.188. The summed E-state index contributed by atoms with van der Waals surface area (Å²) in [5, 5.41) is 0.711. The van der Waals surface area contributed by atoms with Crippen LogP contribution in [0.5, 0.6) is 5.75 Å². The topological polar surface area (TPSA) is 9.23 Å². The SMILES string of the molecule is CC1(C(=CCl)Oc2ccc(Cl)cc2)CCCCC1. The molecule has 0 bridgehead atoms. The van der Waals surface area contributed by atoms with Crippen LogP contribution in [0, 0.1) is 5.41 Å². The Morgan fingerprint density at radius 1 is 1.17 bits per heavy atom. The van der Waals surface area contributed by atoms with E-state index in [-0.39, 0.29) is 5.41 Å². The van der Waals surface area contributed by atoms with E-state index in [1.54, 1.807) is 5.54 Å². The monoisotopic (exact) mass is 284 g/mol. The van der Waals surface area contributed by atoms with Crippen LogP contribution < -0.4 is 4.74 Å². The van der Waals surface area contributed by atoms with Crippen molar-refractivity contribution in [3.8, 4) is 5.75 Å². The van der Waals surface area contributed by atoms with E-state index < -0.39 is 0 Å². The molecule has 0 spiro atoms. The van der Waals surface area contributed by atoms with Crippen LogP contribution in [0.25, 0.3) is 0 Å². The number of benzene rings is 1. The van der Waals surface area contributed by atoms with Gasteiger partial charge in [-0.25, -0.2) is 0 Å². The largest absolute Gasteiger partial charge is 0.460 e. The summed E-state index contributed by atoms with van der Waals surface area (Å²) >= 11 is 11.8. The molecule has 0 aliphatic heterocycles. The number of hydrogen-bond acceptors (Lipinski definition) is 1. The number of hydrogen-bond donors (Lipinski definition) is 0. The molecule has 1 aliphatic rings. The van der Waals surface area contributed by atoms with E-state index in [0.717, 1.165) is 24.4 Å². The van der Waals surface area contributed by atoms with Crippen LogP contribution in [0.3, 0.4) is 0 Å². The molecule has 1 nitrogen and oxygen atoms in total. The van der Waals surface area contributed by atoms with Gasteiger partial charge in [0.05, 0.1) is 0 Å². The maximum absolute atomic E-state index is 5.96.